The molecule has 4 heteroatoms. The maximum absolute atomic E-state index is 11.7. The third-order valence-electron chi connectivity index (χ3n) is 1.95. The molecule has 0 unspecified atom stereocenters. The van der Waals surface area contributed by atoms with Gasteiger partial charge in [0, 0.05) is 0 Å². The highest BCUT2D eigenvalue weighted by Crippen LogP contribution is 2.09. The van der Waals surface area contributed by atoms with Gasteiger partial charge in [-0.3, -0.25) is 0 Å². The molecular formula is C15H27NO3. The summed E-state index contributed by atoms with van der Waals surface area (Å²) < 4.78 is 5.20. The summed E-state index contributed by atoms with van der Waals surface area (Å²) in [4.78, 5) is 11.7. The van der Waals surface area contributed by atoms with Gasteiger partial charge in [0.2, 0.25) is 0 Å². The zero-order valence-corrected chi connectivity index (χ0v) is 13.1. The molecule has 19 heavy (non-hydrogen) atoms. The number of hydrogen-bond acceptors (Lipinski definition) is 3. The number of aliphatic hydroxyl groups is 1. The zero-order chi connectivity index (χ0) is 15.3. The van der Waals surface area contributed by atoms with Crippen LogP contribution in [0.25, 0.3) is 0 Å². The van der Waals surface area contributed by atoms with E-state index in [1.807, 2.05) is 20.8 Å². The summed E-state index contributed by atoms with van der Waals surface area (Å²) in [6.45, 7) is 12.8. The van der Waals surface area contributed by atoms with Crippen LogP contribution in [0.1, 0.15) is 54.9 Å². The summed E-state index contributed by atoms with van der Waals surface area (Å²) in [6, 6.07) is -0.318. The Morgan fingerprint density at radius 1 is 1.26 bits per heavy atom. The van der Waals surface area contributed by atoms with Crippen molar-refractivity contribution in [3.05, 3.63) is 0 Å². The predicted molar refractivity (Wildman–Crippen MR) is 76.7 cm³/mol. The van der Waals surface area contributed by atoms with Gasteiger partial charge in [-0.25, -0.2) is 4.79 Å². The first-order chi connectivity index (χ1) is 8.39. The van der Waals surface area contributed by atoms with Crippen molar-refractivity contribution in [1.82, 2.24) is 5.32 Å². The second-order valence-corrected chi connectivity index (χ2v) is 6.66. The van der Waals surface area contributed by atoms with Crippen LogP contribution >= 0.6 is 0 Å². The van der Waals surface area contributed by atoms with Gasteiger partial charge in [-0.05, 0) is 47.0 Å². The maximum Gasteiger partial charge on any atom is 0.408 e. The second kappa shape index (κ2) is 6.81. The average Bonchev–Trinajstić information content (AvgIpc) is 2.08. The minimum absolute atomic E-state index is 0.318. The lowest BCUT2D eigenvalue weighted by Gasteiger charge is -2.22. The average molecular weight is 269 g/mol. The molecule has 0 aromatic rings. The van der Waals surface area contributed by atoms with E-state index in [2.05, 4.69) is 31.0 Å². The van der Waals surface area contributed by atoms with Gasteiger partial charge in [-0.15, -0.1) is 0 Å². The van der Waals surface area contributed by atoms with E-state index in [-0.39, 0.29) is 6.04 Å². The third-order valence-corrected chi connectivity index (χ3v) is 1.95. The molecule has 4 nitrogen and oxygen atoms in total. The molecule has 0 aliphatic rings. The van der Waals surface area contributed by atoms with Gasteiger partial charge < -0.3 is 15.2 Å². The fourth-order valence-corrected chi connectivity index (χ4v) is 1.34. The fourth-order valence-electron chi connectivity index (χ4n) is 1.34. The highest BCUT2D eigenvalue weighted by atomic mass is 16.6. The number of carbonyl (C=O) groups excluding carboxylic acids is 1. The molecule has 0 aliphatic heterocycles. The summed E-state index contributed by atoms with van der Waals surface area (Å²) in [7, 11) is 0. The SMILES string of the molecule is CC(C)C[C@@H](C#CC(C)(C)O)NC(=O)OC(C)(C)C. The summed E-state index contributed by atoms with van der Waals surface area (Å²) in [6.07, 6.45) is 0.227. The lowest BCUT2D eigenvalue weighted by molar-refractivity contribution is 0.0511. The van der Waals surface area contributed by atoms with Crippen LogP contribution in [0, 0.1) is 17.8 Å². The second-order valence-electron chi connectivity index (χ2n) is 6.66. The van der Waals surface area contributed by atoms with Crippen LogP contribution in [0.4, 0.5) is 4.79 Å². The molecule has 0 heterocycles. The quantitative estimate of drug-likeness (QED) is 0.774. The standard InChI is InChI=1S/C15H27NO3/c1-11(2)10-12(8-9-15(6,7)18)16-13(17)19-14(3,4)5/h11-12,18H,10H2,1-7H3,(H,16,17)/t12-/m1/s1. The van der Waals surface area contributed by atoms with Crippen molar-refractivity contribution in [3.8, 4) is 11.8 Å². The van der Waals surface area contributed by atoms with Crippen molar-refractivity contribution in [1.29, 1.82) is 0 Å². The Balaban J connectivity index is 4.68. The number of ether oxygens (including phenoxy) is 1. The molecule has 0 fully saturated rings. The van der Waals surface area contributed by atoms with Gasteiger partial charge in [-0.1, -0.05) is 25.7 Å². The minimum Gasteiger partial charge on any atom is -0.444 e. The summed E-state index contributed by atoms with van der Waals surface area (Å²) in [5.74, 6) is 6.01. The Morgan fingerprint density at radius 2 is 1.79 bits per heavy atom. The largest absolute Gasteiger partial charge is 0.444 e. The van der Waals surface area contributed by atoms with Crippen LogP contribution in [-0.2, 0) is 4.74 Å². The molecule has 110 valence electrons. The van der Waals surface area contributed by atoms with Gasteiger partial charge in [0.1, 0.15) is 11.2 Å². The lowest BCUT2D eigenvalue weighted by atomic mass is 10.0. The van der Waals surface area contributed by atoms with E-state index in [4.69, 9.17) is 4.74 Å². The molecule has 2 N–H and O–H groups in total. The highest BCUT2D eigenvalue weighted by Gasteiger charge is 2.19. The number of rotatable bonds is 3. The predicted octanol–water partition coefficient (Wildman–Crippen LogP) is 2.70. The first-order valence-corrected chi connectivity index (χ1v) is 6.63. The van der Waals surface area contributed by atoms with Gasteiger partial charge >= 0.3 is 6.09 Å². The number of hydrogen-bond donors (Lipinski definition) is 2. The lowest BCUT2D eigenvalue weighted by Crippen LogP contribution is -2.39. The molecule has 0 saturated carbocycles. The van der Waals surface area contributed by atoms with Crippen molar-refractivity contribution in [2.45, 2.75) is 72.1 Å². The third kappa shape index (κ3) is 11.6. The number of amides is 1. The molecule has 0 aromatic heterocycles. The smallest absolute Gasteiger partial charge is 0.408 e. The topological polar surface area (TPSA) is 58.6 Å². The van der Waals surface area contributed by atoms with Gasteiger partial charge in [0.15, 0.2) is 0 Å². The van der Waals surface area contributed by atoms with E-state index in [0.717, 1.165) is 0 Å². The van der Waals surface area contributed by atoms with Gasteiger partial charge in [0.05, 0.1) is 6.04 Å². The van der Waals surface area contributed by atoms with E-state index >= 15 is 0 Å². The normalized spacial score (nSPS) is 13.5. The van der Waals surface area contributed by atoms with E-state index < -0.39 is 17.3 Å². The van der Waals surface area contributed by atoms with Crippen LogP contribution in [0.3, 0.4) is 0 Å². The van der Waals surface area contributed by atoms with Crippen molar-refractivity contribution in [2.75, 3.05) is 0 Å². The van der Waals surface area contributed by atoms with E-state index in [1.165, 1.54) is 0 Å². The fraction of sp³-hybridized carbons (Fsp3) is 0.800. The zero-order valence-electron chi connectivity index (χ0n) is 13.1. The Morgan fingerprint density at radius 3 is 2.16 bits per heavy atom. The van der Waals surface area contributed by atoms with Crippen molar-refractivity contribution >= 4 is 6.09 Å². The molecule has 0 aliphatic carbocycles. The maximum atomic E-state index is 11.7. The van der Waals surface area contributed by atoms with Crippen molar-refractivity contribution in [2.24, 2.45) is 5.92 Å². The summed E-state index contributed by atoms with van der Waals surface area (Å²) in [5.41, 5.74) is -1.60. The number of alkyl carbamates (subject to hydrolysis) is 1. The molecule has 0 bridgehead atoms. The van der Waals surface area contributed by atoms with E-state index in [9.17, 15) is 9.90 Å². The van der Waals surface area contributed by atoms with Crippen LogP contribution in [0.15, 0.2) is 0 Å². The molecule has 0 spiro atoms. The van der Waals surface area contributed by atoms with Crippen LogP contribution in [0.2, 0.25) is 0 Å². The van der Waals surface area contributed by atoms with Gasteiger partial charge in [0.25, 0.3) is 0 Å². The van der Waals surface area contributed by atoms with Crippen LogP contribution < -0.4 is 5.32 Å². The molecule has 0 saturated heterocycles. The summed E-state index contributed by atoms with van der Waals surface area (Å²) >= 11 is 0. The molecule has 1 amide bonds. The molecule has 0 aromatic carbocycles. The van der Waals surface area contributed by atoms with Gasteiger partial charge in [-0.2, -0.15) is 0 Å². The minimum atomic E-state index is -1.06. The van der Waals surface area contributed by atoms with E-state index in [1.54, 1.807) is 13.8 Å². The number of nitrogens with one attached hydrogen (secondary N) is 1. The summed E-state index contributed by atoms with van der Waals surface area (Å²) in [5, 5.41) is 12.3. The van der Waals surface area contributed by atoms with Crippen LogP contribution in [0.5, 0.6) is 0 Å². The Kier molecular flexibility index (Phi) is 6.38. The first kappa shape index (κ1) is 17.8. The molecule has 0 radical (unpaired) electrons. The number of carbonyl (C=O) groups is 1. The van der Waals surface area contributed by atoms with Crippen molar-refractivity contribution < 1.29 is 14.6 Å². The van der Waals surface area contributed by atoms with Crippen LogP contribution in [-0.4, -0.2) is 28.4 Å². The molecule has 1 atom stereocenters. The molecular weight excluding hydrogens is 242 g/mol. The van der Waals surface area contributed by atoms with E-state index in [0.29, 0.717) is 12.3 Å². The Bertz CT molecular complexity index is 350. The van der Waals surface area contributed by atoms with Crippen molar-refractivity contribution in [3.63, 3.8) is 0 Å². The first-order valence-electron chi connectivity index (χ1n) is 6.63. The monoisotopic (exact) mass is 269 g/mol. The Hall–Kier alpha value is -1.21. The highest BCUT2D eigenvalue weighted by molar-refractivity contribution is 5.68. The molecule has 0 rings (SSSR count). The Labute approximate surface area is 116 Å².